The van der Waals surface area contributed by atoms with Gasteiger partial charge in [-0.15, -0.1) is 0 Å². The van der Waals surface area contributed by atoms with Gasteiger partial charge < -0.3 is 15.6 Å². The molecule has 0 bridgehead atoms. The van der Waals surface area contributed by atoms with Crippen molar-refractivity contribution in [2.45, 2.75) is 51.9 Å². The topological polar surface area (TPSA) is 72.5 Å². The lowest BCUT2D eigenvalue weighted by Gasteiger charge is -2.17. The van der Waals surface area contributed by atoms with E-state index in [2.05, 4.69) is 0 Å². The van der Waals surface area contributed by atoms with E-state index in [1.165, 1.54) is 6.92 Å². The van der Waals surface area contributed by atoms with Gasteiger partial charge in [0.15, 0.2) is 0 Å². The van der Waals surface area contributed by atoms with Crippen LogP contribution in [-0.4, -0.2) is 29.3 Å². The predicted octanol–water partition coefficient (Wildman–Crippen LogP) is 0.426. The maximum absolute atomic E-state index is 11.2. The molecule has 0 saturated carbocycles. The Morgan fingerprint density at radius 2 is 2.08 bits per heavy atom. The molecule has 78 valence electrons. The zero-order valence-corrected chi connectivity index (χ0v) is 8.49. The van der Waals surface area contributed by atoms with Crippen molar-refractivity contribution in [2.24, 2.45) is 5.73 Å². The maximum atomic E-state index is 11.2. The summed E-state index contributed by atoms with van der Waals surface area (Å²) in [5, 5.41) is 9.01. The van der Waals surface area contributed by atoms with Crippen molar-refractivity contribution in [3.8, 4) is 0 Å². The Bertz CT molecular complexity index is 159. The standard InChI is InChI=1S/C9H19NO3/c1-4-5-6(2)13-9(12)8(10)7(3)11/h6-8,11H,4-5,10H2,1-3H3/t6?,7-,8+/m1/s1. The number of ether oxygens (including phenoxy) is 1. The number of carbonyl (C=O) groups excluding carboxylic acids is 1. The average molecular weight is 189 g/mol. The molecule has 0 amide bonds. The second kappa shape index (κ2) is 5.94. The van der Waals surface area contributed by atoms with Crippen LogP contribution in [0.15, 0.2) is 0 Å². The number of hydrogen-bond donors (Lipinski definition) is 2. The highest BCUT2D eigenvalue weighted by Crippen LogP contribution is 2.03. The molecular weight excluding hydrogens is 170 g/mol. The minimum absolute atomic E-state index is 0.123. The maximum Gasteiger partial charge on any atom is 0.325 e. The molecular formula is C9H19NO3. The molecule has 4 heteroatoms. The van der Waals surface area contributed by atoms with Crippen molar-refractivity contribution in [3.05, 3.63) is 0 Å². The summed E-state index contributed by atoms with van der Waals surface area (Å²) in [5.74, 6) is -0.532. The van der Waals surface area contributed by atoms with Gasteiger partial charge in [-0.05, 0) is 20.3 Å². The van der Waals surface area contributed by atoms with Crippen LogP contribution in [0.1, 0.15) is 33.6 Å². The molecule has 0 aromatic carbocycles. The second-order valence-corrected chi connectivity index (χ2v) is 3.30. The van der Waals surface area contributed by atoms with Gasteiger partial charge in [0, 0.05) is 0 Å². The van der Waals surface area contributed by atoms with E-state index in [0.29, 0.717) is 0 Å². The Morgan fingerprint density at radius 1 is 1.54 bits per heavy atom. The minimum atomic E-state index is -0.931. The third-order valence-corrected chi connectivity index (χ3v) is 1.80. The molecule has 0 rings (SSSR count). The summed E-state index contributed by atoms with van der Waals surface area (Å²) < 4.78 is 4.99. The third kappa shape index (κ3) is 4.85. The molecule has 0 spiro atoms. The number of carbonyl (C=O) groups is 1. The Hall–Kier alpha value is -0.610. The van der Waals surface area contributed by atoms with Crippen LogP contribution in [0.2, 0.25) is 0 Å². The van der Waals surface area contributed by atoms with Crippen molar-refractivity contribution in [3.63, 3.8) is 0 Å². The summed E-state index contributed by atoms with van der Waals surface area (Å²) in [4.78, 5) is 11.2. The fraction of sp³-hybridized carbons (Fsp3) is 0.889. The lowest BCUT2D eigenvalue weighted by atomic mass is 10.2. The number of nitrogens with two attached hydrogens (primary N) is 1. The SMILES string of the molecule is CCCC(C)OC(=O)[C@@H](N)[C@@H](C)O. The number of hydrogen-bond acceptors (Lipinski definition) is 4. The molecule has 3 atom stereocenters. The van der Waals surface area contributed by atoms with E-state index in [4.69, 9.17) is 15.6 Å². The molecule has 0 radical (unpaired) electrons. The summed E-state index contributed by atoms with van der Waals surface area (Å²) in [6.45, 7) is 5.30. The highest BCUT2D eigenvalue weighted by molar-refractivity contribution is 5.76. The molecule has 0 aromatic rings. The van der Waals surface area contributed by atoms with Gasteiger partial charge in [0.05, 0.1) is 12.2 Å². The first-order valence-corrected chi connectivity index (χ1v) is 4.63. The highest BCUT2D eigenvalue weighted by Gasteiger charge is 2.21. The molecule has 13 heavy (non-hydrogen) atoms. The minimum Gasteiger partial charge on any atom is -0.461 e. The Morgan fingerprint density at radius 3 is 2.46 bits per heavy atom. The van der Waals surface area contributed by atoms with Crippen LogP contribution in [0.3, 0.4) is 0 Å². The van der Waals surface area contributed by atoms with Gasteiger partial charge in [-0.1, -0.05) is 13.3 Å². The van der Waals surface area contributed by atoms with E-state index < -0.39 is 18.1 Å². The Balaban J connectivity index is 3.85. The van der Waals surface area contributed by atoms with Crippen LogP contribution >= 0.6 is 0 Å². The second-order valence-electron chi connectivity index (χ2n) is 3.30. The number of rotatable bonds is 5. The first kappa shape index (κ1) is 12.4. The summed E-state index contributed by atoms with van der Waals surface area (Å²) in [6.07, 6.45) is 0.792. The van der Waals surface area contributed by atoms with Crippen molar-refractivity contribution < 1.29 is 14.6 Å². The molecule has 4 nitrogen and oxygen atoms in total. The highest BCUT2D eigenvalue weighted by atomic mass is 16.5. The zero-order chi connectivity index (χ0) is 10.4. The van der Waals surface area contributed by atoms with Crippen LogP contribution in [0.25, 0.3) is 0 Å². The summed E-state index contributed by atoms with van der Waals surface area (Å²) in [6, 6.07) is -0.931. The van der Waals surface area contributed by atoms with Crippen LogP contribution < -0.4 is 5.73 Å². The van der Waals surface area contributed by atoms with E-state index >= 15 is 0 Å². The van der Waals surface area contributed by atoms with E-state index in [1.54, 1.807) is 0 Å². The first-order chi connectivity index (χ1) is 5.99. The molecule has 0 aliphatic carbocycles. The van der Waals surface area contributed by atoms with Crippen LogP contribution in [0.5, 0.6) is 0 Å². The Labute approximate surface area is 79.1 Å². The number of aliphatic hydroxyl groups is 1. The normalized spacial score (nSPS) is 17.6. The lowest BCUT2D eigenvalue weighted by molar-refractivity contribution is -0.152. The van der Waals surface area contributed by atoms with Crippen LogP contribution in [-0.2, 0) is 9.53 Å². The summed E-state index contributed by atoms with van der Waals surface area (Å²) in [5.41, 5.74) is 5.38. The van der Waals surface area contributed by atoms with Crippen molar-refractivity contribution in [1.29, 1.82) is 0 Å². The zero-order valence-electron chi connectivity index (χ0n) is 8.49. The van der Waals surface area contributed by atoms with Crippen molar-refractivity contribution in [1.82, 2.24) is 0 Å². The molecule has 0 aliphatic rings. The van der Waals surface area contributed by atoms with Gasteiger partial charge in [-0.3, -0.25) is 4.79 Å². The van der Waals surface area contributed by atoms with E-state index in [-0.39, 0.29) is 6.10 Å². The van der Waals surface area contributed by atoms with E-state index in [9.17, 15) is 4.79 Å². The monoisotopic (exact) mass is 189 g/mol. The van der Waals surface area contributed by atoms with Crippen LogP contribution in [0, 0.1) is 0 Å². The van der Waals surface area contributed by atoms with Gasteiger partial charge in [-0.25, -0.2) is 0 Å². The third-order valence-electron chi connectivity index (χ3n) is 1.80. The molecule has 0 aromatic heterocycles. The van der Waals surface area contributed by atoms with Crippen molar-refractivity contribution >= 4 is 5.97 Å². The van der Waals surface area contributed by atoms with Crippen LogP contribution in [0.4, 0.5) is 0 Å². The number of aliphatic hydroxyl groups excluding tert-OH is 1. The van der Waals surface area contributed by atoms with Crippen molar-refractivity contribution in [2.75, 3.05) is 0 Å². The van der Waals surface area contributed by atoms with E-state index in [1.807, 2.05) is 13.8 Å². The largest absolute Gasteiger partial charge is 0.461 e. The quantitative estimate of drug-likeness (QED) is 0.615. The van der Waals surface area contributed by atoms with Gasteiger partial charge in [0.2, 0.25) is 0 Å². The molecule has 0 fully saturated rings. The van der Waals surface area contributed by atoms with Gasteiger partial charge in [0.25, 0.3) is 0 Å². The van der Waals surface area contributed by atoms with Gasteiger partial charge in [-0.2, -0.15) is 0 Å². The smallest absolute Gasteiger partial charge is 0.325 e. The van der Waals surface area contributed by atoms with Gasteiger partial charge in [0.1, 0.15) is 6.04 Å². The fourth-order valence-electron chi connectivity index (χ4n) is 0.939. The summed E-state index contributed by atoms with van der Waals surface area (Å²) >= 11 is 0. The molecule has 0 saturated heterocycles. The lowest BCUT2D eigenvalue weighted by Crippen LogP contribution is -2.42. The summed E-state index contributed by atoms with van der Waals surface area (Å²) in [7, 11) is 0. The fourth-order valence-corrected chi connectivity index (χ4v) is 0.939. The molecule has 0 aliphatic heterocycles. The average Bonchev–Trinajstić information content (AvgIpc) is 2.03. The van der Waals surface area contributed by atoms with Gasteiger partial charge >= 0.3 is 5.97 Å². The molecule has 1 unspecified atom stereocenters. The predicted molar refractivity (Wildman–Crippen MR) is 50.1 cm³/mol. The molecule has 3 N–H and O–H groups in total. The first-order valence-electron chi connectivity index (χ1n) is 4.63. The number of esters is 1. The Kier molecular flexibility index (Phi) is 5.66. The molecule has 0 heterocycles. The van der Waals surface area contributed by atoms with E-state index in [0.717, 1.165) is 12.8 Å².